The third-order valence-electron chi connectivity index (χ3n) is 4.68. The number of hydrogen-bond donors (Lipinski definition) is 0. The van der Waals surface area contributed by atoms with Crippen molar-refractivity contribution >= 4 is 18.0 Å². The van der Waals surface area contributed by atoms with Crippen LogP contribution in [0.5, 0.6) is 0 Å². The lowest BCUT2D eigenvalue weighted by Gasteiger charge is -2.24. The van der Waals surface area contributed by atoms with E-state index in [9.17, 15) is 9.59 Å². The fourth-order valence-electron chi connectivity index (χ4n) is 3.16. The molecule has 28 heavy (non-hydrogen) atoms. The van der Waals surface area contributed by atoms with Crippen LogP contribution in [0.25, 0.3) is 6.08 Å². The molecule has 1 aromatic heterocycles. The Hall–Kier alpha value is -2.96. The average Bonchev–Trinajstić information content (AvgIpc) is 3.12. The molecule has 7 nitrogen and oxygen atoms in total. The van der Waals surface area contributed by atoms with Crippen LogP contribution in [0, 0.1) is 0 Å². The summed E-state index contributed by atoms with van der Waals surface area (Å²) in [5.74, 6) is -0.685. The van der Waals surface area contributed by atoms with Crippen molar-refractivity contribution in [2.75, 3.05) is 19.7 Å². The summed E-state index contributed by atoms with van der Waals surface area (Å²) in [5, 5.41) is 8.06. The SMILES string of the molecule is O=C(/C=C/c1cn(Cc2ccccc2)nn1)OCC(=O)N1CCCCCCC1. The van der Waals surface area contributed by atoms with Gasteiger partial charge >= 0.3 is 5.97 Å². The van der Waals surface area contributed by atoms with E-state index in [0.29, 0.717) is 12.2 Å². The first-order valence-corrected chi connectivity index (χ1v) is 9.77. The van der Waals surface area contributed by atoms with Gasteiger partial charge in [-0.15, -0.1) is 5.10 Å². The Morgan fingerprint density at radius 3 is 2.50 bits per heavy atom. The Bertz CT molecular complexity index is 793. The van der Waals surface area contributed by atoms with Gasteiger partial charge in [-0.05, 0) is 24.5 Å². The molecule has 1 amide bonds. The lowest BCUT2D eigenvalue weighted by Crippen LogP contribution is -2.36. The van der Waals surface area contributed by atoms with E-state index in [1.54, 1.807) is 15.8 Å². The minimum absolute atomic E-state index is 0.127. The zero-order valence-corrected chi connectivity index (χ0v) is 16.0. The molecule has 0 bridgehead atoms. The van der Waals surface area contributed by atoms with Gasteiger partial charge in [0.05, 0.1) is 12.7 Å². The molecule has 1 aromatic carbocycles. The molecule has 148 valence electrons. The zero-order chi connectivity index (χ0) is 19.6. The van der Waals surface area contributed by atoms with Crippen molar-refractivity contribution in [3.05, 3.63) is 53.9 Å². The molecule has 1 fully saturated rings. The molecule has 3 rings (SSSR count). The number of benzene rings is 1. The number of amides is 1. The van der Waals surface area contributed by atoms with Gasteiger partial charge in [-0.1, -0.05) is 54.8 Å². The standard InChI is InChI=1S/C21H26N4O3/c26-20(24-13-7-2-1-3-8-14-24)17-28-21(27)12-11-19-16-25(23-22-19)15-18-9-5-4-6-10-18/h4-6,9-12,16H,1-3,7-8,13-15,17H2/b12-11+. The van der Waals surface area contributed by atoms with Crippen LogP contribution in [0.1, 0.15) is 43.4 Å². The second kappa shape index (κ2) is 10.4. The van der Waals surface area contributed by atoms with Crippen LogP contribution in [0.3, 0.4) is 0 Å². The molecule has 1 aliphatic rings. The number of aromatic nitrogens is 3. The summed E-state index contributed by atoms with van der Waals surface area (Å²) in [4.78, 5) is 25.9. The van der Waals surface area contributed by atoms with Crippen molar-refractivity contribution in [2.24, 2.45) is 0 Å². The maximum atomic E-state index is 12.2. The molecule has 0 aliphatic carbocycles. The smallest absolute Gasteiger partial charge is 0.331 e. The summed E-state index contributed by atoms with van der Waals surface area (Å²) in [6, 6.07) is 9.92. The summed E-state index contributed by atoms with van der Waals surface area (Å²) in [6.07, 6.45) is 10.1. The molecule has 0 saturated carbocycles. The topological polar surface area (TPSA) is 77.3 Å². The van der Waals surface area contributed by atoms with Crippen molar-refractivity contribution in [3.63, 3.8) is 0 Å². The zero-order valence-electron chi connectivity index (χ0n) is 16.0. The lowest BCUT2D eigenvalue weighted by atomic mass is 10.1. The summed E-state index contributed by atoms with van der Waals surface area (Å²) < 4.78 is 6.78. The van der Waals surface area contributed by atoms with Crippen LogP contribution in [-0.4, -0.2) is 51.5 Å². The van der Waals surface area contributed by atoms with Crippen LogP contribution in [-0.2, 0) is 20.9 Å². The number of ether oxygens (including phenoxy) is 1. The molecule has 2 aromatic rings. The third kappa shape index (κ3) is 6.33. The first kappa shape index (κ1) is 19.8. The van der Waals surface area contributed by atoms with E-state index in [1.807, 2.05) is 30.3 Å². The second-order valence-corrected chi connectivity index (χ2v) is 6.92. The fraction of sp³-hybridized carbons (Fsp3) is 0.429. The minimum atomic E-state index is -0.557. The van der Waals surface area contributed by atoms with Crippen LogP contribution >= 0.6 is 0 Å². The van der Waals surface area contributed by atoms with Crippen LogP contribution in [0.2, 0.25) is 0 Å². The number of carbonyl (C=O) groups is 2. The Morgan fingerprint density at radius 2 is 1.75 bits per heavy atom. The molecule has 1 saturated heterocycles. The number of rotatable bonds is 6. The van der Waals surface area contributed by atoms with E-state index in [1.165, 1.54) is 18.6 Å². The number of nitrogens with zero attached hydrogens (tertiary/aromatic N) is 4. The highest BCUT2D eigenvalue weighted by atomic mass is 16.5. The normalized spacial score (nSPS) is 15.2. The molecular formula is C21H26N4O3. The summed E-state index contributed by atoms with van der Waals surface area (Å²) in [6.45, 7) is 1.88. The third-order valence-corrected chi connectivity index (χ3v) is 4.68. The number of esters is 1. The maximum absolute atomic E-state index is 12.2. The van der Waals surface area contributed by atoms with Crippen molar-refractivity contribution in [2.45, 2.75) is 38.6 Å². The monoisotopic (exact) mass is 382 g/mol. The first-order chi connectivity index (χ1) is 13.7. The van der Waals surface area contributed by atoms with Crippen LogP contribution in [0.4, 0.5) is 0 Å². The quantitative estimate of drug-likeness (QED) is 0.567. The number of hydrogen-bond acceptors (Lipinski definition) is 5. The minimum Gasteiger partial charge on any atom is -0.452 e. The van der Waals surface area contributed by atoms with Gasteiger partial charge < -0.3 is 9.64 Å². The largest absolute Gasteiger partial charge is 0.452 e. The number of likely N-dealkylation sites (tertiary alicyclic amines) is 1. The summed E-state index contributed by atoms with van der Waals surface area (Å²) in [5.41, 5.74) is 1.67. The van der Waals surface area contributed by atoms with E-state index in [2.05, 4.69) is 10.3 Å². The predicted octanol–water partition coefficient (Wildman–Crippen LogP) is 2.68. The van der Waals surface area contributed by atoms with Gasteiger partial charge in [-0.25, -0.2) is 9.48 Å². The highest BCUT2D eigenvalue weighted by Gasteiger charge is 2.16. The molecular weight excluding hydrogens is 356 g/mol. The predicted molar refractivity (Wildman–Crippen MR) is 105 cm³/mol. The van der Waals surface area contributed by atoms with Gasteiger partial charge in [0.25, 0.3) is 5.91 Å². The molecule has 1 aliphatic heterocycles. The molecule has 0 unspecified atom stereocenters. The molecule has 0 atom stereocenters. The second-order valence-electron chi connectivity index (χ2n) is 6.92. The molecule has 2 heterocycles. The van der Waals surface area contributed by atoms with Gasteiger partial charge in [0, 0.05) is 19.2 Å². The molecule has 0 radical (unpaired) electrons. The molecule has 7 heteroatoms. The Labute approximate surface area is 165 Å². The highest BCUT2D eigenvalue weighted by Crippen LogP contribution is 2.10. The van der Waals surface area contributed by atoms with Crippen molar-refractivity contribution < 1.29 is 14.3 Å². The van der Waals surface area contributed by atoms with Gasteiger partial charge in [0.2, 0.25) is 0 Å². The van der Waals surface area contributed by atoms with E-state index in [-0.39, 0.29) is 12.5 Å². The van der Waals surface area contributed by atoms with Crippen molar-refractivity contribution in [1.82, 2.24) is 19.9 Å². The van der Waals surface area contributed by atoms with Gasteiger partial charge in [-0.3, -0.25) is 4.79 Å². The molecule has 0 N–H and O–H groups in total. The number of carbonyl (C=O) groups excluding carboxylic acids is 2. The van der Waals surface area contributed by atoms with E-state index >= 15 is 0 Å². The van der Waals surface area contributed by atoms with Crippen LogP contribution < -0.4 is 0 Å². The highest BCUT2D eigenvalue weighted by molar-refractivity contribution is 5.89. The summed E-state index contributed by atoms with van der Waals surface area (Å²) in [7, 11) is 0. The van der Waals surface area contributed by atoms with E-state index < -0.39 is 5.97 Å². The molecule has 0 spiro atoms. The fourth-order valence-corrected chi connectivity index (χ4v) is 3.16. The maximum Gasteiger partial charge on any atom is 0.331 e. The van der Waals surface area contributed by atoms with Gasteiger partial charge in [-0.2, -0.15) is 0 Å². The van der Waals surface area contributed by atoms with Crippen molar-refractivity contribution in [1.29, 1.82) is 0 Å². The van der Waals surface area contributed by atoms with Crippen molar-refractivity contribution in [3.8, 4) is 0 Å². The van der Waals surface area contributed by atoms with Crippen LogP contribution in [0.15, 0.2) is 42.6 Å². The van der Waals surface area contributed by atoms with Gasteiger partial charge in [0.15, 0.2) is 6.61 Å². The Kier molecular flexibility index (Phi) is 7.35. The Morgan fingerprint density at radius 1 is 1.04 bits per heavy atom. The summed E-state index contributed by atoms with van der Waals surface area (Å²) >= 11 is 0. The van der Waals surface area contributed by atoms with E-state index in [0.717, 1.165) is 44.3 Å². The Balaban J connectivity index is 1.44. The lowest BCUT2D eigenvalue weighted by molar-refractivity contribution is -0.148. The average molecular weight is 382 g/mol. The first-order valence-electron chi connectivity index (χ1n) is 9.77. The van der Waals surface area contributed by atoms with E-state index in [4.69, 9.17) is 4.74 Å². The van der Waals surface area contributed by atoms with Gasteiger partial charge in [0.1, 0.15) is 5.69 Å².